The fraction of sp³-hybridized carbons (Fsp3) is 0.417. The number of benzene rings is 1. The molecule has 1 aromatic carbocycles. The molecule has 1 aliphatic heterocycles. The lowest BCUT2D eigenvalue weighted by molar-refractivity contribution is 0.105. The molecule has 0 N–H and O–H groups in total. The zero-order valence-corrected chi connectivity index (χ0v) is 11.4. The molecule has 17 heavy (non-hydrogen) atoms. The number of anilines is 1. The van der Waals surface area contributed by atoms with Crippen LogP contribution >= 0.6 is 15.9 Å². The molecule has 1 aliphatic rings. The Morgan fingerprint density at radius 3 is 3.00 bits per heavy atom. The van der Waals surface area contributed by atoms with E-state index in [1.165, 1.54) is 0 Å². The number of halogens is 1. The lowest BCUT2D eigenvalue weighted by Gasteiger charge is -2.32. The third-order valence-electron chi connectivity index (χ3n) is 2.74. The molecule has 0 aliphatic carbocycles. The van der Waals surface area contributed by atoms with Gasteiger partial charge in [0.2, 0.25) is 0 Å². The van der Waals surface area contributed by atoms with E-state index in [-0.39, 0.29) is 12.2 Å². The van der Waals surface area contributed by atoms with Crippen molar-refractivity contribution in [3.05, 3.63) is 28.2 Å². The number of carbonyl (C=O) groups excluding carboxylic acids is 1. The summed E-state index contributed by atoms with van der Waals surface area (Å²) in [5.74, 6) is 0. The molecular formula is C12H14BrNO3. The SMILES string of the molecule is COCCN1C(=O)OC(C)c2cc(Br)ccc21. The maximum absolute atomic E-state index is 11.8. The quantitative estimate of drug-likeness (QED) is 0.861. The normalized spacial score (nSPS) is 18.9. The predicted molar refractivity (Wildman–Crippen MR) is 68.3 cm³/mol. The molecule has 0 spiro atoms. The van der Waals surface area contributed by atoms with Gasteiger partial charge in [0.1, 0.15) is 6.10 Å². The first-order valence-electron chi connectivity index (χ1n) is 5.40. The monoisotopic (exact) mass is 299 g/mol. The predicted octanol–water partition coefficient (Wildman–Crippen LogP) is 3.11. The fourth-order valence-electron chi connectivity index (χ4n) is 1.87. The van der Waals surface area contributed by atoms with Gasteiger partial charge in [-0.1, -0.05) is 15.9 Å². The zero-order valence-electron chi connectivity index (χ0n) is 9.77. The molecule has 1 heterocycles. The number of hydrogen-bond acceptors (Lipinski definition) is 3. The number of fused-ring (bicyclic) bond motifs is 1. The highest BCUT2D eigenvalue weighted by Gasteiger charge is 2.29. The number of amides is 1. The van der Waals surface area contributed by atoms with Gasteiger partial charge in [0.05, 0.1) is 18.8 Å². The molecule has 0 aromatic heterocycles. The summed E-state index contributed by atoms with van der Waals surface area (Å²) in [6.07, 6.45) is -0.529. The van der Waals surface area contributed by atoms with Crippen LogP contribution in [0.1, 0.15) is 18.6 Å². The van der Waals surface area contributed by atoms with Gasteiger partial charge in [-0.2, -0.15) is 0 Å². The molecule has 1 amide bonds. The van der Waals surface area contributed by atoms with Crippen molar-refractivity contribution in [2.75, 3.05) is 25.2 Å². The van der Waals surface area contributed by atoms with Crippen molar-refractivity contribution in [2.24, 2.45) is 0 Å². The minimum Gasteiger partial charge on any atom is -0.441 e. The van der Waals surface area contributed by atoms with Gasteiger partial charge in [-0.3, -0.25) is 4.90 Å². The maximum atomic E-state index is 11.8. The number of rotatable bonds is 3. The Labute approximate surface area is 109 Å². The summed E-state index contributed by atoms with van der Waals surface area (Å²) in [5, 5.41) is 0. The van der Waals surface area contributed by atoms with Crippen LogP contribution in [0.3, 0.4) is 0 Å². The summed E-state index contributed by atoms with van der Waals surface area (Å²) in [7, 11) is 1.61. The zero-order chi connectivity index (χ0) is 12.4. The van der Waals surface area contributed by atoms with Crippen molar-refractivity contribution in [2.45, 2.75) is 13.0 Å². The summed E-state index contributed by atoms with van der Waals surface area (Å²) in [6, 6.07) is 5.82. The number of carbonyl (C=O) groups is 1. The smallest absolute Gasteiger partial charge is 0.414 e. The van der Waals surface area contributed by atoms with Crippen molar-refractivity contribution in [3.8, 4) is 0 Å². The fourth-order valence-corrected chi connectivity index (χ4v) is 2.25. The van der Waals surface area contributed by atoms with Gasteiger partial charge in [-0.15, -0.1) is 0 Å². The lowest BCUT2D eigenvalue weighted by atomic mass is 10.1. The summed E-state index contributed by atoms with van der Waals surface area (Å²) in [4.78, 5) is 13.4. The average molecular weight is 300 g/mol. The number of methoxy groups -OCH3 is 1. The van der Waals surface area contributed by atoms with Crippen LogP contribution in [0.15, 0.2) is 22.7 Å². The molecule has 2 rings (SSSR count). The molecule has 0 fully saturated rings. The van der Waals surface area contributed by atoms with Crippen LogP contribution in [0, 0.1) is 0 Å². The van der Waals surface area contributed by atoms with Crippen LogP contribution in [0.4, 0.5) is 10.5 Å². The second-order valence-corrected chi connectivity index (χ2v) is 4.79. The largest absolute Gasteiger partial charge is 0.441 e. The summed E-state index contributed by atoms with van der Waals surface area (Å²) in [6.45, 7) is 2.85. The second kappa shape index (κ2) is 5.06. The molecule has 0 bridgehead atoms. The number of ether oxygens (including phenoxy) is 2. The average Bonchev–Trinajstić information content (AvgIpc) is 2.29. The number of nitrogens with zero attached hydrogens (tertiary/aromatic N) is 1. The molecule has 0 saturated heterocycles. The molecule has 0 saturated carbocycles. The highest BCUT2D eigenvalue weighted by Crippen LogP contribution is 2.35. The summed E-state index contributed by atoms with van der Waals surface area (Å²) < 4.78 is 11.3. The van der Waals surface area contributed by atoms with E-state index in [4.69, 9.17) is 9.47 Å². The van der Waals surface area contributed by atoms with E-state index in [2.05, 4.69) is 15.9 Å². The first-order valence-corrected chi connectivity index (χ1v) is 6.19. The van der Waals surface area contributed by atoms with E-state index < -0.39 is 0 Å². The van der Waals surface area contributed by atoms with E-state index in [9.17, 15) is 4.79 Å². The molecule has 92 valence electrons. The van der Waals surface area contributed by atoms with Crippen LogP contribution in [0.5, 0.6) is 0 Å². The van der Waals surface area contributed by atoms with Gasteiger partial charge >= 0.3 is 6.09 Å². The topological polar surface area (TPSA) is 38.8 Å². The number of hydrogen-bond donors (Lipinski definition) is 0. The molecule has 0 radical (unpaired) electrons. The Bertz CT molecular complexity index is 436. The van der Waals surface area contributed by atoms with Gasteiger partial charge in [0, 0.05) is 17.1 Å². The molecule has 1 unspecified atom stereocenters. The van der Waals surface area contributed by atoms with Gasteiger partial charge in [0.15, 0.2) is 0 Å². The van der Waals surface area contributed by atoms with Gasteiger partial charge < -0.3 is 9.47 Å². The summed E-state index contributed by atoms with van der Waals surface area (Å²) >= 11 is 3.42. The van der Waals surface area contributed by atoms with Gasteiger partial charge in [-0.25, -0.2) is 4.79 Å². The van der Waals surface area contributed by atoms with Crippen molar-refractivity contribution >= 4 is 27.7 Å². The van der Waals surface area contributed by atoms with E-state index in [0.29, 0.717) is 13.2 Å². The minimum atomic E-state index is -0.315. The van der Waals surface area contributed by atoms with Crippen LogP contribution in [-0.2, 0) is 9.47 Å². The third-order valence-corrected chi connectivity index (χ3v) is 3.23. The Morgan fingerprint density at radius 2 is 2.29 bits per heavy atom. The Balaban J connectivity index is 2.36. The maximum Gasteiger partial charge on any atom is 0.414 e. The van der Waals surface area contributed by atoms with Crippen LogP contribution in [-0.4, -0.2) is 26.4 Å². The first kappa shape index (κ1) is 12.4. The van der Waals surface area contributed by atoms with Gasteiger partial charge in [-0.05, 0) is 25.1 Å². The van der Waals surface area contributed by atoms with E-state index in [1.807, 2.05) is 25.1 Å². The second-order valence-electron chi connectivity index (χ2n) is 3.87. The molecule has 5 heteroatoms. The van der Waals surface area contributed by atoms with Gasteiger partial charge in [0.25, 0.3) is 0 Å². The lowest BCUT2D eigenvalue weighted by Crippen LogP contribution is -2.39. The molecule has 1 atom stereocenters. The summed E-state index contributed by atoms with van der Waals surface area (Å²) in [5.41, 5.74) is 1.91. The Morgan fingerprint density at radius 1 is 1.53 bits per heavy atom. The van der Waals surface area contributed by atoms with Crippen molar-refractivity contribution in [1.29, 1.82) is 0 Å². The van der Waals surface area contributed by atoms with Crippen molar-refractivity contribution in [1.82, 2.24) is 0 Å². The van der Waals surface area contributed by atoms with E-state index in [1.54, 1.807) is 12.0 Å². The van der Waals surface area contributed by atoms with Crippen molar-refractivity contribution < 1.29 is 14.3 Å². The van der Waals surface area contributed by atoms with Crippen LogP contribution in [0.25, 0.3) is 0 Å². The Kier molecular flexibility index (Phi) is 3.69. The highest BCUT2D eigenvalue weighted by atomic mass is 79.9. The molecular weight excluding hydrogens is 286 g/mol. The number of cyclic esters (lactones) is 1. The third kappa shape index (κ3) is 2.45. The molecule has 1 aromatic rings. The van der Waals surface area contributed by atoms with E-state index in [0.717, 1.165) is 15.7 Å². The van der Waals surface area contributed by atoms with Crippen molar-refractivity contribution in [3.63, 3.8) is 0 Å². The standard InChI is InChI=1S/C12H14BrNO3/c1-8-10-7-9(13)3-4-11(10)14(5-6-16-2)12(15)17-8/h3-4,7-8H,5-6H2,1-2H3. The van der Waals surface area contributed by atoms with E-state index >= 15 is 0 Å². The minimum absolute atomic E-state index is 0.214. The molecule has 4 nitrogen and oxygen atoms in total. The highest BCUT2D eigenvalue weighted by molar-refractivity contribution is 9.10. The van der Waals surface area contributed by atoms with Crippen LogP contribution in [0.2, 0.25) is 0 Å². The van der Waals surface area contributed by atoms with Crippen LogP contribution < -0.4 is 4.90 Å². The Hall–Kier alpha value is -1.07. The first-order chi connectivity index (χ1) is 8.13.